The standard InChI is InChI=1S/C17H18Cl3N/c1-2-9-21-17(10-12-3-6-14(18)7-4-12)13-5-8-15(19)16(20)11-13/h3-8,11,17,21H,2,9-10H2,1H3. The Labute approximate surface area is 141 Å². The van der Waals surface area contributed by atoms with Gasteiger partial charge in [0.15, 0.2) is 0 Å². The summed E-state index contributed by atoms with van der Waals surface area (Å²) in [5, 5.41) is 5.49. The van der Waals surface area contributed by atoms with Gasteiger partial charge < -0.3 is 5.32 Å². The third-order valence-electron chi connectivity index (χ3n) is 3.34. The first kappa shape index (κ1) is 16.6. The smallest absolute Gasteiger partial charge is 0.0595 e. The van der Waals surface area contributed by atoms with Gasteiger partial charge in [-0.25, -0.2) is 0 Å². The quantitative estimate of drug-likeness (QED) is 0.686. The maximum absolute atomic E-state index is 6.14. The van der Waals surface area contributed by atoms with E-state index in [-0.39, 0.29) is 6.04 Å². The zero-order chi connectivity index (χ0) is 15.2. The Morgan fingerprint density at radius 2 is 1.67 bits per heavy atom. The highest BCUT2D eigenvalue weighted by molar-refractivity contribution is 6.42. The molecule has 0 heterocycles. The molecule has 1 N–H and O–H groups in total. The van der Waals surface area contributed by atoms with Gasteiger partial charge in [0.25, 0.3) is 0 Å². The molecule has 0 saturated heterocycles. The van der Waals surface area contributed by atoms with Crippen LogP contribution in [0.25, 0.3) is 0 Å². The van der Waals surface area contributed by atoms with Crippen molar-refractivity contribution in [1.29, 1.82) is 0 Å². The zero-order valence-electron chi connectivity index (χ0n) is 11.9. The largest absolute Gasteiger partial charge is 0.310 e. The number of halogens is 3. The zero-order valence-corrected chi connectivity index (χ0v) is 14.1. The first-order valence-corrected chi connectivity index (χ1v) is 8.16. The minimum atomic E-state index is 0.209. The highest BCUT2D eigenvalue weighted by atomic mass is 35.5. The number of hydrogen-bond donors (Lipinski definition) is 1. The van der Waals surface area contributed by atoms with Crippen LogP contribution in [0.5, 0.6) is 0 Å². The van der Waals surface area contributed by atoms with E-state index in [1.807, 2.05) is 30.3 Å². The van der Waals surface area contributed by atoms with Crippen molar-refractivity contribution in [3.63, 3.8) is 0 Å². The van der Waals surface area contributed by atoms with Gasteiger partial charge in [-0.2, -0.15) is 0 Å². The molecular weight excluding hydrogens is 325 g/mol. The molecule has 0 aliphatic carbocycles. The van der Waals surface area contributed by atoms with Crippen molar-refractivity contribution >= 4 is 34.8 Å². The third-order valence-corrected chi connectivity index (χ3v) is 4.33. The summed E-state index contributed by atoms with van der Waals surface area (Å²) in [5.41, 5.74) is 2.38. The van der Waals surface area contributed by atoms with Gasteiger partial charge in [-0.3, -0.25) is 0 Å². The molecule has 21 heavy (non-hydrogen) atoms. The van der Waals surface area contributed by atoms with E-state index in [0.717, 1.165) is 30.0 Å². The van der Waals surface area contributed by atoms with Crippen LogP contribution in [0.1, 0.15) is 30.5 Å². The second-order valence-corrected chi connectivity index (χ2v) is 6.26. The second kappa shape index (κ2) is 8.05. The third kappa shape index (κ3) is 4.89. The van der Waals surface area contributed by atoms with Crippen molar-refractivity contribution in [3.05, 3.63) is 68.7 Å². The summed E-state index contributed by atoms with van der Waals surface area (Å²) in [6.07, 6.45) is 1.97. The van der Waals surface area contributed by atoms with E-state index in [1.54, 1.807) is 0 Å². The lowest BCUT2D eigenvalue weighted by molar-refractivity contribution is 0.529. The van der Waals surface area contributed by atoms with E-state index in [1.165, 1.54) is 5.56 Å². The van der Waals surface area contributed by atoms with Crippen molar-refractivity contribution in [1.82, 2.24) is 5.32 Å². The molecule has 0 bridgehead atoms. The van der Waals surface area contributed by atoms with Crippen LogP contribution in [0.3, 0.4) is 0 Å². The van der Waals surface area contributed by atoms with Gasteiger partial charge in [0.1, 0.15) is 0 Å². The van der Waals surface area contributed by atoms with E-state index < -0.39 is 0 Å². The summed E-state index contributed by atoms with van der Waals surface area (Å²) in [6, 6.07) is 14.0. The number of rotatable bonds is 6. The van der Waals surface area contributed by atoms with E-state index in [0.29, 0.717) is 10.0 Å². The fourth-order valence-corrected chi connectivity index (χ4v) is 2.64. The average molecular weight is 343 g/mol. The Hall–Kier alpha value is -0.730. The van der Waals surface area contributed by atoms with E-state index in [4.69, 9.17) is 34.8 Å². The highest BCUT2D eigenvalue weighted by Crippen LogP contribution is 2.27. The molecule has 1 nitrogen and oxygen atoms in total. The molecule has 4 heteroatoms. The van der Waals surface area contributed by atoms with Crippen LogP contribution in [-0.2, 0) is 6.42 Å². The predicted molar refractivity (Wildman–Crippen MR) is 92.7 cm³/mol. The molecule has 0 saturated carbocycles. The van der Waals surface area contributed by atoms with Crippen LogP contribution in [0, 0.1) is 0 Å². The number of benzene rings is 2. The summed E-state index contributed by atoms with van der Waals surface area (Å²) < 4.78 is 0. The first-order valence-electron chi connectivity index (χ1n) is 7.03. The van der Waals surface area contributed by atoms with Crippen LogP contribution >= 0.6 is 34.8 Å². The van der Waals surface area contributed by atoms with Crippen molar-refractivity contribution in [2.75, 3.05) is 6.54 Å². The summed E-state index contributed by atoms with van der Waals surface area (Å²) in [7, 11) is 0. The molecule has 0 radical (unpaired) electrons. The normalized spacial score (nSPS) is 12.4. The van der Waals surface area contributed by atoms with Gasteiger partial charge in [-0.1, -0.05) is 59.9 Å². The van der Waals surface area contributed by atoms with Crippen LogP contribution < -0.4 is 5.32 Å². The van der Waals surface area contributed by atoms with Gasteiger partial charge >= 0.3 is 0 Å². The fourth-order valence-electron chi connectivity index (χ4n) is 2.21. The SMILES string of the molecule is CCCNC(Cc1ccc(Cl)cc1)c1ccc(Cl)c(Cl)c1. The highest BCUT2D eigenvalue weighted by Gasteiger charge is 2.13. The van der Waals surface area contributed by atoms with Crippen LogP contribution in [0.4, 0.5) is 0 Å². The van der Waals surface area contributed by atoms with E-state index in [2.05, 4.69) is 24.4 Å². The monoisotopic (exact) mass is 341 g/mol. The summed E-state index contributed by atoms with van der Waals surface area (Å²) in [4.78, 5) is 0. The maximum atomic E-state index is 6.14. The Kier molecular flexibility index (Phi) is 6.38. The molecule has 2 aromatic rings. The van der Waals surface area contributed by atoms with Gasteiger partial charge in [-0.15, -0.1) is 0 Å². The van der Waals surface area contributed by atoms with Gasteiger partial charge in [0.05, 0.1) is 10.0 Å². The molecule has 0 aromatic heterocycles. The molecule has 112 valence electrons. The molecule has 0 aliphatic heterocycles. The molecule has 1 unspecified atom stereocenters. The van der Waals surface area contributed by atoms with Crippen molar-refractivity contribution in [2.45, 2.75) is 25.8 Å². The van der Waals surface area contributed by atoms with E-state index >= 15 is 0 Å². The molecule has 0 spiro atoms. The van der Waals surface area contributed by atoms with Crippen LogP contribution in [0.15, 0.2) is 42.5 Å². The van der Waals surface area contributed by atoms with Crippen molar-refractivity contribution < 1.29 is 0 Å². The average Bonchev–Trinajstić information content (AvgIpc) is 2.48. The molecule has 1 atom stereocenters. The van der Waals surface area contributed by atoms with Crippen LogP contribution in [-0.4, -0.2) is 6.54 Å². The van der Waals surface area contributed by atoms with Gasteiger partial charge in [0, 0.05) is 11.1 Å². The maximum Gasteiger partial charge on any atom is 0.0595 e. The molecule has 0 amide bonds. The molecule has 0 aliphatic rings. The Morgan fingerprint density at radius 3 is 2.29 bits per heavy atom. The molecule has 0 fully saturated rings. The summed E-state index contributed by atoms with van der Waals surface area (Å²) >= 11 is 18.1. The Bertz CT molecular complexity index is 581. The van der Waals surface area contributed by atoms with E-state index in [9.17, 15) is 0 Å². The molecule has 2 aromatic carbocycles. The lowest BCUT2D eigenvalue weighted by atomic mass is 9.98. The lowest BCUT2D eigenvalue weighted by Gasteiger charge is -2.20. The van der Waals surface area contributed by atoms with Gasteiger partial charge in [-0.05, 0) is 54.8 Å². The predicted octanol–water partition coefficient (Wildman–Crippen LogP) is 5.93. The number of nitrogens with one attached hydrogen (secondary N) is 1. The van der Waals surface area contributed by atoms with Crippen LogP contribution in [0.2, 0.25) is 15.1 Å². The first-order chi connectivity index (χ1) is 10.1. The fraction of sp³-hybridized carbons (Fsp3) is 0.294. The summed E-state index contributed by atoms with van der Waals surface area (Å²) in [5.74, 6) is 0. The minimum absolute atomic E-state index is 0.209. The Morgan fingerprint density at radius 1 is 0.952 bits per heavy atom. The van der Waals surface area contributed by atoms with Crippen molar-refractivity contribution in [3.8, 4) is 0 Å². The number of hydrogen-bond acceptors (Lipinski definition) is 1. The van der Waals surface area contributed by atoms with Gasteiger partial charge in [0.2, 0.25) is 0 Å². The molecule has 2 rings (SSSR count). The second-order valence-electron chi connectivity index (χ2n) is 5.01. The Balaban J connectivity index is 2.20. The lowest BCUT2D eigenvalue weighted by Crippen LogP contribution is -2.24. The molecular formula is C17H18Cl3N. The topological polar surface area (TPSA) is 12.0 Å². The van der Waals surface area contributed by atoms with Crippen molar-refractivity contribution in [2.24, 2.45) is 0 Å². The summed E-state index contributed by atoms with van der Waals surface area (Å²) in [6.45, 7) is 3.11. The minimum Gasteiger partial charge on any atom is -0.310 e.